The van der Waals surface area contributed by atoms with E-state index >= 15 is 0 Å². The van der Waals surface area contributed by atoms with E-state index in [0.29, 0.717) is 11.3 Å². The number of aryl methyl sites for hydroxylation is 2. The van der Waals surface area contributed by atoms with Gasteiger partial charge in [-0.3, -0.25) is 4.79 Å². The lowest BCUT2D eigenvalue weighted by atomic mass is 9.96. The predicted molar refractivity (Wildman–Crippen MR) is 88.9 cm³/mol. The van der Waals surface area contributed by atoms with Crippen LogP contribution in [-0.4, -0.2) is 38.7 Å². The summed E-state index contributed by atoms with van der Waals surface area (Å²) in [6.07, 6.45) is 8.35. The molecule has 0 spiro atoms. The van der Waals surface area contributed by atoms with E-state index in [1.54, 1.807) is 12.3 Å². The van der Waals surface area contributed by atoms with Crippen LogP contribution in [0.15, 0.2) is 16.7 Å². The zero-order chi connectivity index (χ0) is 16.5. The molecule has 2 aromatic heterocycles. The fourth-order valence-electron chi connectivity index (χ4n) is 3.96. The number of aromatic nitrogens is 3. The number of carbonyl (C=O) groups is 1. The van der Waals surface area contributed by atoms with Gasteiger partial charge in [-0.05, 0) is 38.7 Å². The van der Waals surface area contributed by atoms with Crippen molar-refractivity contribution in [3.05, 3.63) is 35.3 Å². The Morgan fingerprint density at radius 3 is 2.96 bits per heavy atom. The van der Waals surface area contributed by atoms with Gasteiger partial charge in [-0.25, -0.2) is 0 Å². The van der Waals surface area contributed by atoms with Crippen molar-refractivity contribution in [2.45, 2.75) is 57.9 Å². The second-order valence-electron chi connectivity index (χ2n) is 6.92. The van der Waals surface area contributed by atoms with E-state index in [4.69, 9.17) is 4.42 Å². The number of fused-ring (bicyclic) bond motifs is 1. The molecule has 4 rings (SSSR count). The standard InChI is InChI=1S/C18H24N4O2/c1-13-15(8-11-24-13)18(23)21-9-5-6-14(12-21)17-20-19-16-7-3-2-4-10-22(16)17/h8,11,14H,2-7,9-10,12H2,1H3/t14-/m1/s1. The summed E-state index contributed by atoms with van der Waals surface area (Å²) in [6.45, 7) is 4.39. The molecule has 1 atom stereocenters. The highest BCUT2D eigenvalue weighted by atomic mass is 16.3. The third-order valence-corrected chi connectivity index (χ3v) is 5.30. The first kappa shape index (κ1) is 15.4. The van der Waals surface area contributed by atoms with Gasteiger partial charge in [0, 0.05) is 32.0 Å². The molecule has 0 N–H and O–H groups in total. The van der Waals surface area contributed by atoms with Gasteiger partial charge in [-0.1, -0.05) is 6.42 Å². The maximum atomic E-state index is 12.8. The third kappa shape index (κ3) is 2.74. The first-order valence-corrected chi connectivity index (χ1v) is 8.99. The molecule has 6 heteroatoms. The normalized spacial score (nSPS) is 21.4. The Bertz CT molecular complexity index is 733. The fraction of sp³-hybridized carbons (Fsp3) is 0.611. The van der Waals surface area contributed by atoms with Gasteiger partial charge < -0.3 is 13.9 Å². The molecular weight excluding hydrogens is 304 g/mol. The molecule has 0 aliphatic carbocycles. The molecule has 4 heterocycles. The number of nitrogens with zero attached hydrogens (tertiary/aromatic N) is 4. The highest BCUT2D eigenvalue weighted by Crippen LogP contribution is 2.29. The zero-order valence-corrected chi connectivity index (χ0v) is 14.2. The third-order valence-electron chi connectivity index (χ3n) is 5.30. The summed E-state index contributed by atoms with van der Waals surface area (Å²) in [6, 6.07) is 1.77. The topological polar surface area (TPSA) is 64.2 Å². The van der Waals surface area contributed by atoms with Gasteiger partial charge in [-0.2, -0.15) is 0 Å². The molecule has 128 valence electrons. The molecule has 0 saturated carbocycles. The average molecular weight is 328 g/mol. The van der Waals surface area contributed by atoms with E-state index in [2.05, 4.69) is 14.8 Å². The Morgan fingerprint density at radius 2 is 2.12 bits per heavy atom. The van der Waals surface area contributed by atoms with Crippen LogP contribution in [0.25, 0.3) is 0 Å². The Labute approximate surface area is 141 Å². The summed E-state index contributed by atoms with van der Waals surface area (Å²) < 4.78 is 7.60. The van der Waals surface area contributed by atoms with Crippen LogP contribution in [0.1, 0.15) is 65.8 Å². The summed E-state index contributed by atoms with van der Waals surface area (Å²) in [5.74, 6) is 3.25. The fourth-order valence-corrected chi connectivity index (χ4v) is 3.96. The molecule has 1 saturated heterocycles. The van der Waals surface area contributed by atoms with Gasteiger partial charge in [0.15, 0.2) is 0 Å². The van der Waals surface area contributed by atoms with E-state index in [-0.39, 0.29) is 11.8 Å². The Kier molecular flexibility index (Phi) is 4.12. The number of hydrogen-bond donors (Lipinski definition) is 0. The van der Waals surface area contributed by atoms with Crippen molar-refractivity contribution in [1.29, 1.82) is 0 Å². The molecule has 6 nitrogen and oxygen atoms in total. The Hall–Kier alpha value is -2.11. The SMILES string of the molecule is Cc1occc1C(=O)N1CCC[C@@H](c2nnc3n2CCCCC3)C1. The van der Waals surface area contributed by atoms with Gasteiger partial charge in [0.2, 0.25) is 0 Å². The highest BCUT2D eigenvalue weighted by molar-refractivity contribution is 5.95. The smallest absolute Gasteiger partial charge is 0.257 e. The monoisotopic (exact) mass is 328 g/mol. The van der Waals surface area contributed by atoms with E-state index < -0.39 is 0 Å². The maximum absolute atomic E-state index is 12.8. The van der Waals surface area contributed by atoms with E-state index in [0.717, 1.165) is 50.5 Å². The van der Waals surface area contributed by atoms with E-state index in [1.165, 1.54) is 19.3 Å². The summed E-state index contributed by atoms with van der Waals surface area (Å²) in [4.78, 5) is 14.7. The first-order valence-electron chi connectivity index (χ1n) is 8.99. The lowest BCUT2D eigenvalue weighted by molar-refractivity contribution is 0.0701. The molecule has 2 aliphatic rings. The van der Waals surface area contributed by atoms with Gasteiger partial charge in [0.1, 0.15) is 17.4 Å². The molecule has 2 aromatic rings. The number of carbonyl (C=O) groups excluding carboxylic acids is 1. The second kappa shape index (κ2) is 6.42. The first-order chi connectivity index (χ1) is 11.7. The number of rotatable bonds is 2. The molecule has 0 bridgehead atoms. The minimum atomic E-state index is 0.0709. The van der Waals surface area contributed by atoms with Crippen molar-refractivity contribution < 1.29 is 9.21 Å². The van der Waals surface area contributed by atoms with Crippen LogP contribution in [-0.2, 0) is 13.0 Å². The molecule has 1 amide bonds. The Morgan fingerprint density at radius 1 is 1.21 bits per heavy atom. The van der Waals surface area contributed by atoms with Crippen LogP contribution in [0.3, 0.4) is 0 Å². The summed E-state index contributed by atoms with van der Waals surface area (Å²) >= 11 is 0. The van der Waals surface area contributed by atoms with Crippen molar-refractivity contribution in [1.82, 2.24) is 19.7 Å². The average Bonchev–Trinajstić information content (AvgIpc) is 3.14. The van der Waals surface area contributed by atoms with E-state index in [9.17, 15) is 4.79 Å². The number of amides is 1. The van der Waals surface area contributed by atoms with Crippen molar-refractivity contribution in [3.8, 4) is 0 Å². The number of likely N-dealkylation sites (tertiary alicyclic amines) is 1. The molecule has 1 fully saturated rings. The molecule has 0 unspecified atom stereocenters. The van der Waals surface area contributed by atoms with Crippen LogP contribution in [0.5, 0.6) is 0 Å². The molecular formula is C18H24N4O2. The highest BCUT2D eigenvalue weighted by Gasteiger charge is 2.30. The van der Waals surface area contributed by atoms with Gasteiger partial charge in [0.25, 0.3) is 5.91 Å². The summed E-state index contributed by atoms with van der Waals surface area (Å²) in [5.41, 5.74) is 0.677. The number of furan rings is 1. The van der Waals surface area contributed by atoms with Crippen LogP contribution in [0.4, 0.5) is 0 Å². The van der Waals surface area contributed by atoms with E-state index in [1.807, 2.05) is 11.8 Å². The van der Waals surface area contributed by atoms with Crippen LogP contribution < -0.4 is 0 Å². The minimum Gasteiger partial charge on any atom is -0.469 e. The van der Waals surface area contributed by atoms with Gasteiger partial charge in [0.05, 0.1) is 11.8 Å². The van der Waals surface area contributed by atoms with Crippen molar-refractivity contribution >= 4 is 5.91 Å². The van der Waals surface area contributed by atoms with Gasteiger partial charge >= 0.3 is 0 Å². The molecule has 0 aromatic carbocycles. The van der Waals surface area contributed by atoms with Gasteiger partial charge in [-0.15, -0.1) is 10.2 Å². The quantitative estimate of drug-likeness (QED) is 0.850. The number of hydrogen-bond acceptors (Lipinski definition) is 4. The minimum absolute atomic E-state index is 0.0709. The summed E-state index contributed by atoms with van der Waals surface area (Å²) in [7, 11) is 0. The van der Waals surface area contributed by atoms with Crippen molar-refractivity contribution in [3.63, 3.8) is 0 Å². The summed E-state index contributed by atoms with van der Waals surface area (Å²) in [5, 5.41) is 8.91. The van der Waals surface area contributed by atoms with Crippen molar-refractivity contribution in [2.24, 2.45) is 0 Å². The molecule has 24 heavy (non-hydrogen) atoms. The maximum Gasteiger partial charge on any atom is 0.257 e. The van der Waals surface area contributed by atoms with Crippen LogP contribution in [0.2, 0.25) is 0 Å². The molecule has 2 aliphatic heterocycles. The van der Waals surface area contributed by atoms with Crippen LogP contribution in [0, 0.1) is 6.92 Å². The van der Waals surface area contributed by atoms with Crippen LogP contribution >= 0.6 is 0 Å². The second-order valence-corrected chi connectivity index (χ2v) is 6.92. The predicted octanol–water partition coefficient (Wildman–Crippen LogP) is 2.93. The molecule has 0 radical (unpaired) electrons. The lowest BCUT2D eigenvalue weighted by Gasteiger charge is -2.32. The Balaban J connectivity index is 1.54. The number of piperidine rings is 1. The lowest BCUT2D eigenvalue weighted by Crippen LogP contribution is -2.40. The van der Waals surface area contributed by atoms with Crippen molar-refractivity contribution in [2.75, 3.05) is 13.1 Å². The largest absolute Gasteiger partial charge is 0.469 e. The zero-order valence-electron chi connectivity index (χ0n) is 14.2.